The minimum absolute atomic E-state index is 0.122. The normalized spacial score (nSPS) is 10.3. The summed E-state index contributed by atoms with van der Waals surface area (Å²) in [7, 11) is 0. The lowest BCUT2D eigenvalue weighted by Crippen LogP contribution is -2.08. The minimum atomic E-state index is -0.122. The van der Waals surface area contributed by atoms with Gasteiger partial charge < -0.3 is 4.98 Å². The van der Waals surface area contributed by atoms with Gasteiger partial charge in [-0.15, -0.1) is 0 Å². The summed E-state index contributed by atoms with van der Waals surface area (Å²) >= 11 is 0. The van der Waals surface area contributed by atoms with Crippen molar-refractivity contribution in [3.63, 3.8) is 0 Å². The molecule has 0 fully saturated rings. The van der Waals surface area contributed by atoms with E-state index in [2.05, 4.69) is 11.1 Å². The molecule has 0 atom stereocenters. The van der Waals surface area contributed by atoms with Gasteiger partial charge in [0.2, 0.25) is 0 Å². The lowest BCUT2D eigenvalue weighted by Gasteiger charge is -2.03. The average molecular weight is 246 g/mol. The Morgan fingerprint density at radius 3 is 2.47 bits per heavy atom. The molecule has 0 radical (unpaired) electrons. The lowest BCUT2D eigenvalue weighted by molar-refractivity contribution is 1.31. The third kappa shape index (κ3) is 2.00. The first-order valence-corrected chi connectivity index (χ1v) is 5.90. The zero-order valence-electron chi connectivity index (χ0n) is 10.1. The van der Waals surface area contributed by atoms with Crippen LogP contribution in [0.1, 0.15) is 5.56 Å². The van der Waals surface area contributed by atoms with E-state index in [0.717, 1.165) is 16.5 Å². The van der Waals surface area contributed by atoms with E-state index in [-0.39, 0.29) is 5.56 Å². The molecule has 3 nitrogen and oxygen atoms in total. The molecule has 0 saturated carbocycles. The topological polar surface area (TPSA) is 56.6 Å². The van der Waals surface area contributed by atoms with Crippen LogP contribution in [0.3, 0.4) is 0 Å². The maximum Gasteiger partial charge on any atom is 0.256 e. The second kappa shape index (κ2) is 4.43. The molecule has 1 heterocycles. The Balaban J connectivity index is 2.21. The predicted octanol–water partition coefficient (Wildman–Crippen LogP) is 3.07. The molecule has 0 spiro atoms. The van der Waals surface area contributed by atoms with E-state index in [4.69, 9.17) is 5.26 Å². The minimum Gasteiger partial charge on any atom is -0.321 e. The van der Waals surface area contributed by atoms with Crippen molar-refractivity contribution in [2.24, 2.45) is 0 Å². The fourth-order valence-corrected chi connectivity index (χ4v) is 2.09. The molecule has 3 heteroatoms. The van der Waals surface area contributed by atoms with Crippen LogP contribution in [0.2, 0.25) is 0 Å². The smallest absolute Gasteiger partial charge is 0.256 e. The Morgan fingerprint density at radius 2 is 1.74 bits per heavy atom. The molecule has 1 N–H and O–H groups in total. The predicted molar refractivity (Wildman–Crippen MR) is 74.7 cm³/mol. The van der Waals surface area contributed by atoms with Gasteiger partial charge in [0.05, 0.1) is 11.6 Å². The molecule has 0 aliphatic heterocycles. The Hall–Kier alpha value is -2.86. The number of hydrogen-bond acceptors (Lipinski definition) is 2. The van der Waals surface area contributed by atoms with E-state index in [1.54, 1.807) is 24.3 Å². The van der Waals surface area contributed by atoms with Gasteiger partial charge in [-0.2, -0.15) is 5.26 Å². The highest BCUT2D eigenvalue weighted by atomic mass is 16.1. The van der Waals surface area contributed by atoms with Gasteiger partial charge in [-0.1, -0.05) is 30.3 Å². The van der Waals surface area contributed by atoms with Crippen LogP contribution < -0.4 is 5.56 Å². The Morgan fingerprint density at radius 1 is 1.00 bits per heavy atom. The highest BCUT2D eigenvalue weighted by Crippen LogP contribution is 2.19. The number of fused-ring (bicyclic) bond motifs is 1. The number of H-pyrrole nitrogens is 1. The molecule has 90 valence electrons. The zero-order valence-corrected chi connectivity index (χ0v) is 10.1. The van der Waals surface area contributed by atoms with Gasteiger partial charge in [-0.3, -0.25) is 4.79 Å². The van der Waals surface area contributed by atoms with E-state index < -0.39 is 0 Å². The van der Waals surface area contributed by atoms with E-state index >= 15 is 0 Å². The molecular weight excluding hydrogens is 236 g/mol. The van der Waals surface area contributed by atoms with Gasteiger partial charge in [-0.25, -0.2) is 0 Å². The summed E-state index contributed by atoms with van der Waals surface area (Å²) in [5.41, 5.74) is 2.71. The third-order valence-electron chi connectivity index (χ3n) is 3.08. The van der Waals surface area contributed by atoms with Gasteiger partial charge in [0.15, 0.2) is 0 Å². The first-order chi connectivity index (χ1) is 9.28. The number of hydrogen-bond donors (Lipinski definition) is 1. The van der Waals surface area contributed by atoms with Crippen molar-refractivity contribution in [1.29, 1.82) is 5.26 Å². The zero-order chi connectivity index (χ0) is 13.2. The van der Waals surface area contributed by atoms with Crippen molar-refractivity contribution in [3.8, 4) is 17.2 Å². The lowest BCUT2D eigenvalue weighted by atomic mass is 10.0. The molecule has 0 amide bonds. The van der Waals surface area contributed by atoms with Gasteiger partial charge in [0, 0.05) is 11.1 Å². The summed E-state index contributed by atoms with van der Waals surface area (Å²) in [6.45, 7) is 0. The number of para-hydroxylation sites is 1. The van der Waals surface area contributed by atoms with Crippen LogP contribution >= 0.6 is 0 Å². The molecule has 0 aliphatic carbocycles. The molecule has 0 bridgehead atoms. The van der Waals surface area contributed by atoms with Crippen molar-refractivity contribution in [1.82, 2.24) is 4.98 Å². The summed E-state index contributed by atoms with van der Waals surface area (Å²) < 4.78 is 0. The van der Waals surface area contributed by atoms with E-state index in [1.165, 1.54) is 0 Å². The second-order valence-corrected chi connectivity index (χ2v) is 4.29. The van der Waals surface area contributed by atoms with Crippen LogP contribution in [0.25, 0.3) is 22.0 Å². The summed E-state index contributed by atoms with van der Waals surface area (Å²) in [4.78, 5) is 14.9. The second-order valence-electron chi connectivity index (χ2n) is 4.29. The average Bonchev–Trinajstić information content (AvgIpc) is 2.47. The number of aromatic amines is 1. The molecule has 0 unspecified atom stereocenters. The van der Waals surface area contributed by atoms with E-state index in [9.17, 15) is 4.79 Å². The summed E-state index contributed by atoms with van der Waals surface area (Å²) in [6.07, 6.45) is 0. The van der Waals surface area contributed by atoms with Crippen LogP contribution in [0.5, 0.6) is 0 Å². The number of nitrogens with zero attached hydrogens (tertiary/aromatic N) is 1. The summed E-state index contributed by atoms with van der Waals surface area (Å²) in [6, 6.07) is 18.6. The number of benzene rings is 2. The highest BCUT2D eigenvalue weighted by Gasteiger charge is 2.05. The standard InChI is InChI=1S/C16H10N2O/c17-10-11-5-7-12(8-6-11)14-9-13-3-1-2-4-15(13)18-16(14)19/h1-9H,(H,18,19). The molecule has 3 rings (SSSR count). The van der Waals surface area contributed by atoms with Gasteiger partial charge >= 0.3 is 0 Å². The quantitative estimate of drug-likeness (QED) is 0.717. The Kier molecular flexibility index (Phi) is 2.62. The Labute approximate surface area is 109 Å². The van der Waals surface area contributed by atoms with Crippen LogP contribution in [0.15, 0.2) is 59.4 Å². The molecule has 3 aromatic rings. The van der Waals surface area contributed by atoms with Crippen LogP contribution in [-0.2, 0) is 0 Å². The van der Waals surface area contributed by atoms with E-state index in [1.807, 2.05) is 30.3 Å². The van der Waals surface area contributed by atoms with Crippen molar-refractivity contribution in [3.05, 3.63) is 70.5 Å². The molecule has 0 saturated heterocycles. The summed E-state index contributed by atoms with van der Waals surface area (Å²) in [5, 5.41) is 9.76. The number of aromatic nitrogens is 1. The molecular formula is C16H10N2O. The van der Waals surface area contributed by atoms with E-state index in [0.29, 0.717) is 11.1 Å². The largest absolute Gasteiger partial charge is 0.321 e. The van der Waals surface area contributed by atoms with Crippen molar-refractivity contribution < 1.29 is 0 Å². The fraction of sp³-hybridized carbons (Fsp3) is 0. The van der Waals surface area contributed by atoms with Crippen LogP contribution in [-0.4, -0.2) is 4.98 Å². The third-order valence-corrected chi connectivity index (χ3v) is 3.08. The maximum atomic E-state index is 12.1. The van der Waals surface area contributed by atoms with Gasteiger partial charge in [-0.05, 0) is 35.2 Å². The maximum absolute atomic E-state index is 12.1. The molecule has 19 heavy (non-hydrogen) atoms. The monoisotopic (exact) mass is 246 g/mol. The SMILES string of the molecule is N#Cc1ccc(-c2cc3ccccc3[nH]c2=O)cc1. The van der Waals surface area contributed by atoms with Crippen molar-refractivity contribution >= 4 is 10.9 Å². The van der Waals surface area contributed by atoms with Crippen molar-refractivity contribution in [2.45, 2.75) is 0 Å². The Bertz CT molecular complexity index is 839. The molecule has 0 aliphatic rings. The first kappa shape index (κ1) is 11.2. The van der Waals surface area contributed by atoms with Crippen molar-refractivity contribution in [2.75, 3.05) is 0 Å². The van der Waals surface area contributed by atoms with Gasteiger partial charge in [0.1, 0.15) is 0 Å². The number of nitriles is 1. The number of nitrogens with one attached hydrogen (secondary N) is 1. The number of rotatable bonds is 1. The van der Waals surface area contributed by atoms with Crippen LogP contribution in [0, 0.1) is 11.3 Å². The highest BCUT2D eigenvalue weighted by molar-refractivity contribution is 5.83. The molecule has 2 aromatic carbocycles. The fourth-order valence-electron chi connectivity index (χ4n) is 2.09. The summed E-state index contributed by atoms with van der Waals surface area (Å²) in [5.74, 6) is 0. The molecule has 1 aromatic heterocycles. The number of pyridine rings is 1. The van der Waals surface area contributed by atoms with Crippen LogP contribution in [0.4, 0.5) is 0 Å². The first-order valence-electron chi connectivity index (χ1n) is 5.90. The van der Waals surface area contributed by atoms with Gasteiger partial charge in [0.25, 0.3) is 5.56 Å².